The van der Waals surface area contributed by atoms with Crippen molar-refractivity contribution in [1.82, 2.24) is 4.90 Å². The largest absolute Gasteiger partial charge is 0.480 e. The molecule has 1 fully saturated rings. The number of carbonyl (C=O) groups is 3. The molecule has 0 spiro atoms. The monoisotopic (exact) mass is 362 g/mol. The Hall–Kier alpha value is -2.41. The minimum Gasteiger partial charge on any atom is -0.480 e. The Morgan fingerprint density at radius 2 is 1.81 bits per heavy atom. The summed E-state index contributed by atoms with van der Waals surface area (Å²) in [6.45, 7) is 5.03. The summed E-state index contributed by atoms with van der Waals surface area (Å²) in [7, 11) is 0. The van der Waals surface area contributed by atoms with Gasteiger partial charge in [-0.2, -0.15) is 0 Å². The molecule has 1 amide bonds. The Kier molecular flexibility index (Phi) is 6.02. The molecule has 0 bridgehead atoms. The summed E-state index contributed by atoms with van der Waals surface area (Å²) in [6, 6.07) is 6.18. The van der Waals surface area contributed by atoms with Crippen molar-refractivity contribution in [2.45, 2.75) is 63.8 Å². The second-order valence-electron chi connectivity index (χ2n) is 7.47. The van der Waals surface area contributed by atoms with Gasteiger partial charge < -0.3 is 20.5 Å². The molecule has 26 heavy (non-hydrogen) atoms. The summed E-state index contributed by atoms with van der Waals surface area (Å²) in [6.07, 6.45) is 1.61. The van der Waals surface area contributed by atoms with Gasteiger partial charge in [0.1, 0.15) is 11.6 Å². The second-order valence-corrected chi connectivity index (χ2v) is 7.47. The Morgan fingerprint density at radius 1 is 1.19 bits per heavy atom. The molecule has 1 aliphatic rings. The van der Waals surface area contributed by atoms with E-state index in [1.165, 1.54) is 4.90 Å². The zero-order valence-corrected chi connectivity index (χ0v) is 15.3. The van der Waals surface area contributed by atoms with E-state index in [2.05, 4.69) is 0 Å². The van der Waals surface area contributed by atoms with Crippen LogP contribution in [0.25, 0.3) is 0 Å². The molecular weight excluding hydrogens is 336 g/mol. The van der Waals surface area contributed by atoms with Crippen LogP contribution in [0, 0.1) is 0 Å². The van der Waals surface area contributed by atoms with Gasteiger partial charge in [0.15, 0.2) is 6.04 Å². The minimum absolute atomic E-state index is 0.325. The van der Waals surface area contributed by atoms with Crippen LogP contribution in [-0.4, -0.2) is 45.5 Å². The summed E-state index contributed by atoms with van der Waals surface area (Å²) in [5.41, 5.74) is 5.88. The molecule has 1 aromatic rings. The second kappa shape index (κ2) is 7.86. The molecule has 0 aromatic heterocycles. The van der Waals surface area contributed by atoms with Crippen LogP contribution in [0.1, 0.15) is 51.6 Å². The van der Waals surface area contributed by atoms with Gasteiger partial charge in [0.05, 0.1) is 6.04 Å². The fraction of sp³-hybridized carbons (Fsp3) is 0.526. The molecule has 142 valence electrons. The molecule has 1 aromatic carbocycles. The fourth-order valence-electron chi connectivity index (χ4n) is 3.18. The van der Waals surface area contributed by atoms with Gasteiger partial charge in [-0.1, -0.05) is 30.3 Å². The van der Waals surface area contributed by atoms with E-state index in [9.17, 15) is 19.5 Å². The molecule has 3 unspecified atom stereocenters. The smallest absolute Gasteiger partial charge is 0.333 e. The van der Waals surface area contributed by atoms with Crippen LogP contribution >= 0.6 is 0 Å². The highest BCUT2D eigenvalue weighted by Crippen LogP contribution is 2.35. The predicted molar refractivity (Wildman–Crippen MR) is 95.1 cm³/mol. The van der Waals surface area contributed by atoms with Crippen molar-refractivity contribution < 1.29 is 24.2 Å². The van der Waals surface area contributed by atoms with Crippen LogP contribution in [0.2, 0.25) is 0 Å². The van der Waals surface area contributed by atoms with Gasteiger partial charge in [0, 0.05) is 0 Å². The highest BCUT2D eigenvalue weighted by atomic mass is 16.6. The number of carboxylic acids is 1. The zero-order chi connectivity index (χ0) is 19.5. The molecule has 3 atom stereocenters. The van der Waals surface area contributed by atoms with E-state index < -0.39 is 41.6 Å². The Morgan fingerprint density at radius 3 is 2.35 bits per heavy atom. The van der Waals surface area contributed by atoms with E-state index in [0.29, 0.717) is 19.3 Å². The Balaban J connectivity index is 2.32. The lowest BCUT2D eigenvalue weighted by molar-refractivity contribution is -0.165. The minimum atomic E-state index is -1.56. The number of hydrogen-bond donors (Lipinski definition) is 2. The van der Waals surface area contributed by atoms with E-state index >= 15 is 0 Å². The topological polar surface area (TPSA) is 110 Å². The van der Waals surface area contributed by atoms with E-state index in [1.54, 1.807) is 20.8 Å². The maximum absolute atomic E-state index is 13.0. The van der Waals surface area contributed by atoms with Gasteiger partial charge in [-0.05, 0) is 45.6 Å². The number of nitrogens with two attached hydrogens (primary N) is 1. The van der Waals surface area contributed by atoms with Gasteiger partial charge in [0.2, 0.25) is 0 Å². The van der Waals surface area contributed by atoms with Crippen molar-refractivity contribution in [1.29, 1.82) is 0 Å². The first-order valence-corrected chi connectivity index (χ1v) is 8.70. The number of hydrogen-bond acceptors (Lipinski definition) is 5. The predicted octanol–water partition coefficient (Wildman–Crippen LogP) is 1.86. The first kappa shape index (κ1) is 19.9. The molecule has 7 heteroatoms. The lowest BCUT2D eigenvalue weighted by Crippen LogP contribution is -2.57. The highest BCUT2D eigenvalue weighted by molar-refractivity contribution is 6.03. The summed E-state index contributed by atoms with van der Waals surface area (Å²) in [5, 5.41) is 9.58. The van der Waals surface area contributed by atoms with Crippen molar-refractivity contribution in [3.05, 3.63) is 35.9 Å². The number of rotatable bonds is 4. The molecular formula is C19H26N2O5. The molecule has 1 saturated heterocycles. The van der Waals surface area contributed by atoms with Crippen molar-refractivity contribution >= 4 is 17.8 Å². The molecule has 1 heterocycles. The van der Waals surface area contributed by atoms with Crippen molar-refractivity contribution in [2.75, 3.05) is 0 Å². The number of benzene rings is 1. The maximum Gasteiger partial charge on any atom is 0.333 e. The number of aliphatic carboxylic acids is 1. The first-order valence-electron chi connectivity index (χ1n) is 8.70. The molecule has 2 rings (SSSR count). The first-order chi connectivity index (χ1) is 12.1. The Labute approximate surface area is 153 Å². The highest BCUT2D eigenvalue weighted by Gasteiger charge is 2.43. The molecule has 3 N–H and O–H groups in total. The average molecular weight is 362 g/mol. The number of amides is 1. The number of esters is 1. The van der Waals surface area contributed by atoms with E-state index in [1.807, 2.05) is 30.3 Å². The number of piperidine rings is 1. The summed E-state index contributed by atoms with van der Waals surface area (Å²) in [5.74, 6) is -2.68. The normalized spacial score (nSPS) is 21.8. The third-order valence-electron chi connectivity index (χ3n) is 4.28. The van der Waals surface area contributed by atoms with Crippen molar-refractivity contribution in [2.24, 2.45) is 5.73 Å². The van der Waals surface area contributed by atoms with E-state index in [4.69, 9.17) is 10.5 Å². The third-order valence-corrected chi connectivity index (χ3v) is 4.28. The fourth-order valence-corrected chi connectivity index (χ4v) is 3.18. The molecule has 0 radical (unpaired) electrons. The number of carboxylic acid groups (broad SMARTS) is 1. The quantitative estimate of drug-likeness (QED) is 0.625. The van der Waals surface area contributed by atoms with Crippen LogP contribution in [0.3, 0.4) is 0 Å². The van der Waals surface area contributed by atoms with Gasteiger partial charge in [-0.25, -0.2) is 9.59 Å². The lowest BCUT2D eigenvalue weighted by Gasteiger charge is -2.41. The standard InChI is InChI=1S/C19H26N2O5/c1-19(2,3)26-18(25)15(20)16(22)21-13(12-8-5-4-6-9-12)10-7-11-14(21)17(23)24/h4-6,8-9,13-15H,7,10-11,20H2,1-3H3,(H,23,24). The van der Waals surface area contributed by atoms with Crippen LogP contribution in [0.15, 0.2) is 30.3 Å². The lowest BCUT2D eigenvalue weighted by atomic mass is 9.90. The van der Waals surface area contributed by atoms with E-state index in [0.717, 1.165) is 5.56 Å². The van der Waals surface area contributed by atoms with Crippen LogP contribution in [0.4, 0.5) is 0 Å². The molecule has 0 aliphatic carbocycles. The summed E-state index contributed by atoms with van der Waals surface area (Å²) >= 11 is 0. The SMILES string of the molecule is CC(C)(C)OC(=O)C(N)C(=O)N1C(C(=O)O)CCCC1c1ccccc1. The van der Waals surface area contributed by atoms with E-state index in [-0.39, 0.29) is 0 Å². The van der Waals surface area contributed by atoms with Crippen LogP contribution in [0.5, 0.6) is 0 Å². The Bertz CT molecular complexity index is 668. The van der Waals surface area contributed by atoms with Crippen LogP contribution < -0.4 is 5.73 Å². The molecule has 0 saturated carbocycles. The number of ether oxygens (including phenoxy) is 1. The average Bonchev–Trinajstić information content (AvgIpc) is 2.59. The summed E-state index contributed by atoms with van der Waals surface area (Å²) < 4.78 is 5.19. The number of nitrogens with zero attached hydrogens (tertiary/aromatic N) is 1. The summed E-state index contributed by atoms with van der Waals surface area (Å²) in [4.78, 5) is 38.1. The maximum atomic E-state index is 13.0. The third kappa shape index (κ3) is 4.60. The number of likely N-dealkylation sites (tertiary alicyclic amines) is 1. The molecule has 7 nitrogen and oxygen atoms in total. The van der Waals surface area contributed by atoms with Gasteiger partial charge in [-0.3, -0.25) is 4.79 Å². The van der Waals surface area contributed by atoms with Crippen molar-refractivity contribution in [3.63, 3.8) is 0 Å². The van der Waals surface area contributed by atoms with Crippen molar-refractivity contribution in [3.8, 4) is 0 Å². The number of carbonyl (C=O) groups excluding carboxylic acids is 2. The zero-order valence-electron chi connectivity index (χ0n) is 15.3. The van der Waals surface area contributed by atoms with Gasteiger partial charge in [0.25, 0.3) is 5.91 Å². The molecule has 1 aliphatic heterocycles. The van der Waals surface area contributed by atoms with Gasteiger partial charge in [-0.15, -0.1) is 0 Å². The van der Waals surface area contributed by atoms with Crippen LogP contribution in [-0.2, 0) is 19.1 Å². The van der Waals surface area contributed by atoms with Gasteiger partial charge >= 0.3 is 11.9 Å².